The van der Waals surface area contributed by atoms with Crippen LogP contribution < -0.4 is 0 Å². The van der Waals surface area contributed by atoms with E-state index in [0.717, 1.165) is 6.42 Å². The van der Waals surface area contributed by atoms with Gasteiger partial charge >= 0.3 is 5.97 Å². The van der Waals surface area contributed by atoms with Gasteiger partial charge in [0.1, 0.15) is 0 Å². The SMILES string of the molecule is C=CC(=O)OCCC(C)(C)CCC. The Balaban J connectivity index is 3.62. The lowest BCUT2D eigenvalue weighted by Gasteiger charge is -2.23. The smallest absolute Gasteiger partial charge is 0.330 e. The first-order valence-electron chi connectivity index (χ1n) is 4.81. The maximum atomic E-state index is 10.7. The van der Waals surface area contributed by atoms with Crippen molar-refractivity contribution in [2.45, 2.75) is 40.0 Å². The molecule has 0 aliphatic rings. The second-order valence-electron chi connectivity index (χ2n) is 4.04. The second-order valence-corrected chi connectivity index (χ2v) is 4.04. The number of esters is 1. The summed E-state index contributed by atoms with van der Waals surface area (Å²) in [5, 5.41) is 0. The van der Waals surface area contributed by atoms with Crippen LogP contribution in [0.3, 0.4) is 0 Å². The normalized spacial score (nSPS) is 11.0. The van der Waals surface area contributed by atoms with E-state index in [2.05, 4.69) is 27.4 Å². The third-order valence-corrected chi connectivity index (χ3v) is 2.12. The Labute approximate surface area is 81.0 Å². The zero-order valence-electron chi connectivity index (χ0n) is 8.93. The van der Waals surface area contributed by atoms with Gasteiger partial charge in [0, 0.05) is 6.08 Å². The Hall–Kier alpha value is -0.790. The number of carbonyl (C=O) groups excluding carboxylic acids is 1. The van der Waals surface area contributed by atoms with Crippen LogP contribution in [-0.2, 0) is 9.53 Å². The Bertz CT molecular complexity index is 171. The van der Waals surface area contributed by atoms with Crippen molar-refractivity contribution in [2.75, 3.05) is 6.61 Å². The molecule has 13 heavy (non-hydrogen) atoms. The van der Waals surface area contributed by atoms with Crippen LogP contribution in [0.25, 0.3) is 0 Å². The standard InChI is InChI=1S/C11H20O2/c1-5-7-11(3,4)8-9-13-10(12)6-2/h6H,2,5,7-9H2,1,3-4H3. The molecule has 0 radical (unpaired) electrons. The van der Waals surface area contributed by atoms with Crippen LogP contribution in [0.5, 0.6) is 0 Å². The average Bonchev–Trinajstić information content (AvgIpc) is 2.03. The fourth-order valence-corrected chi connectivity index (χ4v) is 1.29. The summed E-state index contributed by atoms with van der Waals surface area (Å²) in [6.45, 7) is 10.4. The summed E-state index contributed by atoms with van der Waals surface area (Å²) in [6, 6.07) is 0. The zero-order chi connectivity index (χ0) is 10.3. The molecule has 0 atom stereocenters. The predicted octanol–water partition coefficient (Wildman–Crippen LogP) is 2.93. The van der Waals surface area contributed by atoms with E-state index in [4.69, 9.17) is 4.74 Å². The highest BCUT2D eigenvalue weighted by Crippen LogP contribution is 2.26. The summed E-state index contributed by atoms with van der Waals surface area (Å²) in [6.07, 6.45) is 4.45. The van der Waals surface area contributed by atoms with E-state index in [-0.39, 0.29) is 11.4 Å². The molecule has 0 bridgehead atoms. The van der Waals surface area contributed by atoms with Gasteiger partial charge in [-0.05, 0) is 18.3 Å². The van der Waals surface area contributed by atoms with Gasteiger partial charge in [0.05, 0.1) is 6.61 Å². The van der Waals surface area contributed by atoms with E-state index in [9.17, 15) is 4.79 Å². The Morgan fingerprint density at radius 2 is 2.08 bits per heavy atom. The van der Waals surface area contributed by atoms with Crippen molar-refractivity contribution in [1.29, 1.82) is 0 Å². The molecule has 2 heteroatoms. The first-order valence-corrected chi connectivity index (χ1v) is 4.81. The summed E-state index contributed by atoms with van der Waals surface area (Å²) in [4.78, 5) is 10.7. The Morgan fingerprint density at radius 1 is 1.46 bits per heavy atom. The van der Waals surface area contributed by atoms with Crippen molar-refractivity contribution in [3.63, 3.8) is 0 Å². The molecule has 0 unspecified atom stereocenters. The van der Waals surface area contributed by atoms with Gasteiger partial charge in [-0.15, -0.1) is 0 Å². The summed E-state index contributed by atoms with van der Waals surface area (Å²) >= 11 is 0. The molecule has 0 spiro atoms. The van der Waals surface area contributed by atoms with E-state index in [1.54, 1.807) is 0 Å². The molecule has 0 aromatic heterocycles. The minimum absolute atomic E-state index is 0.274. The first-order chi connectivity index (χ1) is 6.02. The van der Waals surface area contributed by atoms with Gasteiger partial charge in [-0.3, -0.25) is 0 Å². The highest BCUT2D eigenvalue weighted by molar-refractivity contribution is 5.81. The largest absolute Gasteiger partial charge is 0.463 e. The Kier molecular flexibility index (Phi) is 5.44. The highest BCUT2D eigenvalue weighted by atomic mass is 16.5. The number of hydrogen-bond acceptors (Lipinski definition) is 2. The van der Waals surface area contributed by atoms with Crippen molar-refractivity contribution < 1.29 is 9.53 Å². The van der Waals surface area contributed by atoms with Gasteiger partial charge in [-0.2, -0.15) is 0 Å². The summed E-state index contributed by atoms with van der Waals surface area (Å²) in [5.41, 5.74) is 0.274. The van der Waals surface area contributed by atoms with E-state index in [1.807, 2.05) is 0 Å². The second kappa shape index (κ2) is 5.79. The van der Waals surface area contributed by atoms with Gasteiger partial charge in [0.2, 0.25) is 0 Å². The van der Waals surface area contributed by atoms with Gasteiger partial charge in [0.25, 0.3) is 0 Å². The third-order valence-electron chi connectivity index (χ3n) is 2.12. The fraction of sp³-hybridized carbons (Fsp3) is 0.727. The Morgan fingerprint density at radius 3 is 2.54 bits per heavy atom. The van der Waals surface area contributed by atoms with E-state index in [0.29, 0.717) is 6.61 Å². The van der Waals surface area contributed by atoms with Gasteiger partial charge in [0.15, 0.2) is 0 Å². The molecule has 76 valence electrons. The molecule has 0 aliphatic heterocycles. The van der Waals surface area contributed by atoms with E-state index < -0.39 is 0 Å². The van der Waals surface area contributed by atoms with Crippen LogP contribution in [0, 0.1) is 5.41 Å². The number of rotatable bonds is 6. The van der Waals surface area contributed by atoms with Crippen molar-refractivity contribution in [3.05, 3.63) is 12.7 Å². The molecule has 0 N–H and O–H groups in total. The summed E-state index contributed by atoms with van der Waals surface area (Å²) in [7, 11) is 0. The van der Waals surface area contributed by atoms with Crippen LogP contribution in [-0.4, -0.2) is 12.6 Å². The lowest BCUT2D eigenvalue weighted by atomic mass is 9.85. The topological polar surface area (TPSA) is 26.3 Å². The molecule has 0 saturated heterocycles. The van der Waals surface area contributed by atoms with Crippen LogP contribution in [0.1, 0.15) is 40.0 Å². The summed E-state index contributed by atoms with van der Waals surface area (Å²) < 4.78 is 4.92. The molecule has 0 heterocycles. The van der Waals surface area contributed by atoms with Crippen LogP contribution in [0.4, 0.5) is 0 Å². The maximum Gasteiger partial charge on any atom is 0.330 e. The number of ether oxygens (including phenoxy) is 1. The molecule has 0 aliphatic carbocycles. The van der Waals surface area contributed by atoms with Crippen LogP contribution >= 0.6 is 0 Å². The molecule has 0 aromatic rings. The van der Waals surface area contributed by atoms with Crippen molar-refractivity contribution >= 4 is 5.97 Å². The van der Waals surface area contributed by atoms with E-state index >= 15 is 0 Å². The quantitative estimate of drug-likeness (QED) is 0.468. The average molecular weight is 184 g/mol. The zero-order valence-corrected chi connectivity index (χ0v) is 8.93. The van der Waals surface area contributed by atoms with Crippen molar-refractivity contribution in [2.24, 2.45) is 5.41 Å². The molecule has 0 fully saturated rings. The van der Waals surface area contributed by atoms with Gasteiger partial charge in [-0.25, -0.2) is 4.79 Å². The van der Waals surface area contributed by atoms with Gasteiger partial charge < -0.3 is 4.74 Å². The molecule has 0 aromatic carbocycles. The number of carbonyl (C=O) groups is 1. The van der Waals surface area contributed by atoms with Crippen LogP contribution in [0.2, 0.25) is 0 Å². The maximum absolute atomic E-state index is 10.7. The number of hydrogen-bond donors (Lipinski definition) is 0. The van der Waals surface area contributed by atoms with E-state index in [1.165, 1.54) is 18.9 Å². The van der Waals surface area contributed by atoms with Crippen molar-refractivity contribution in [3.8, 4) is 0 Å². The van der Waals surface area contributed by atoms with Crippen LogP contribution in [0.15, 0.2) is 12.7 Å². The van der Waals surface area contributed by atoms with Gasteiger partial charge in [-0.1, -0.05) is 33.8 Å². The minimum Gasteiger partial charge on any atom is -0.463 e. The summed E-state index contributed by atoms with van der Waals surface area (Å²) in [5.74, 6) is -0.327. The third kappa shape index (κ3) is 6.38. The molecular weight excluding hydrogens is 164 g/mol. The predicted molar refractivity (Wildman–Crippen MR) is 54.5 cm³/mol. The molecule has 0 saturated carbocycles. The van der Waals surface area contributed by atoms with Crippen molar-refractivity contribution in [1.82, 2.24) is 0 Å². The highest BCUT2D eigenvalue weighted by Gasteiger charge is 2.16. The molecular formula is C11H20O2. The fourth-order valence-electron chi connectivity index (χ4n) is 1.29. The molecule has 2 nitrogen and oxygen atoms in total. The lowest BCUT2D eigenvalue weighted by molar-refractivity contribution is -0.138. The first kappa shape index (κ1) is 12.2. The monoisotopic (exact) mass is 184 g/mol. The molecule has 0 amide bonds. The molecule has 0 rings (SSSR count). The lowest BCUT2D eigenvalue weighted by Crippen LogP contribution is -2.15. The minimum atomic E-state index is -0.327.